The second-order valence-electron chi connectivity index (χ2n) is 8.42. The molecular weight excluding hydrogens is 384 g/mol. The van der Waals surface area contributed by atoms with Crippen molar-refractivity contribution in [2.24, 2.45) is 0 Å². The first kappa shape index (κ1) is 22.9. The number of nitrogens with one attached hydrogen (secondary N) is 1. The van der Waals surface area contributed by atoms with Gasteiger partial charge in [0.1, 0.15) is 6.04 Å². The molecule has 2 rings (SSSR count). The molecule has 0 aliphatic rings. The first-order chi connectivity index (χ1) is 13.4. The number of carbonyl (C=O) groups excluding carboxylic acids is 1. The normalized spacial score (nSPS) is 14.1. The Morgan fingerprint density at radius 1 is 1.03 bits per heavy atom. The third-order valence-electron chi connectivity index (χ3n) is 4.98. The van der Waals surface area contributed by atoms with Gasteiger partial charge in [0.25, 0.3) is 0 Å². The van der Waals surface area contributed by atoms with E-state index in [2.05, 4.69) is 38.2 Å². The van der Waals surface area contributed by atoms with Crippen molar-refractivity contribution in [1.29, 1.82) is 0 Å². The van der Waals surface area contributed by atoms with E-state index in [1.807, 2.05) is 32.0 Å². The molecule has 2 aromatic rings. The van der Waals surface area contributed by atoms with Crippen molar-refractivity contribution in [3.05, 3.63) is 65.7 Å². The summed E-state index contributed by atoms with van der Waals surface area (Å²) in [5.41, 5.74) is 2.74. The lowest BCUT2D eigenvalue weighted by Crippen LogP contribution is -2.49. The van der Waals surface area contributed by atoms with Gasteiger partial charge in [-0.2, -0.15) is 0 Å². The molecule has 0 aliphatic carbocycles. The average molecular weight is 417 g/mol. The van der Waals surface area contributed by atoms with Crippen LogP contribution in [-0.4, -0.2) is 26.6 Å². The zero-order chi connectivity index (χ0) is 21.8. The number of nitrogens with zero attached hydrogens (tertiary/aromatic N) is 1. The van der Waals surface area contributed by atoms with Crippen LogP contribution >= 0.6 is 0 Å². The minimum atomic E-state index is -3.62. The third kappa shape index (κ3) is 5.82. The summed E-state index contributed by atoms with van der Waals surface area (Å²) in [5, 5.41) is 2.98. The number of benzene rings is 2. The molecule has 0 saturated heterocycles. The molecule has 5 nitrogen and oxygen atoms in total. The predicted octanol–water partition coefficient (Wildman–Crippen LogP) is 4.41. The van der Waals surface area contributed by atoms with Gasteiger partial charge in [0, 0.05) is 0 Å². The highest BCUT2D eigenvalue weighted by Crippen LogP contribution is 2.25. The number of amides is 1. The maximum atomic E-state index is 13.0. The Labute approximate surface area is 175 Å². The summed E-state index contributed by atoms with van der Waals surface area (Å²) in [5.74, 6) is -0.311. The number of para-hydroxylation sites is 1. The van der Waals surface area contributed by atoms with Crippen molar-refractivity contribution in [3.63, 3.8) is 0 Å². The van der Waals surface area contributed by atoms with E-state index in [1.165, 1.54) is 9.87 Å². The van der Waals surface area contributed by atoms with Gasteiger partial charge in [0.2, 0.25) is 15.9 Å². The lowest BCUT2D eigenvalue weighted by molar-refractivity contribution is -0.122. The van der Waals surface area contributed by atoms with E-state index in [1.54, 1.807) is 24.3 Å². The van der Waals surface area contributed by atoms with Crippen molar-refractivity contribution >= 4 is 21.6 Å². The number of sulfonamides is 1. The zero-order valence-electron chi connectivity index (χ0n) is 18.1. The molecule has 0 spiro atoms. The van der Waals surface area contributed by atoms with Crippen LogP contribution in [0.25, 0.3) is 0 Å². The highest BCUT2D eigenvalue weighted by Gasteiger charge is 2.32. The molecule has 0 unspecified atom stereocenters. The number of hydrogen-bond acceptors (Lipinski definition) is 3. The molecule has 0 bridgehead atoms. The van der Waals surface area contributed by atoms with Crippen molar-refractivity contribution < 1.29 is 13.2 Å². The highest BCUT2D eigenvalue weighted by molar-refractivity contribution is 7.92. The fourth-order valence-electron chi connectivity index (χ4n) is 3.30. The predicted molar refractivity (Wildman–Crippen MR) is 120 cm³/mol. The summed E-state index contributed by atoms with van der Waals surface area (Å²) in [7, 11) is -3.62. The van der Waals surface area contributed by atoms with Gasteiger partial charge in [-0.05, 0) is 42.0 Å². The van der Waals surface area contributed by atoms with Gasteiger partial charge in [-0.3, -0.25) is 9.10 Å². The van der Waals surface area contributed by atoms with Crippen molar-refractivity contribution in [2.75, 3.05) is 10.6 Å². The third-order valence-corrected chi connectivity index (χ3v) is 6.16. The van der Waals surface area contributed by atoms with E-state index in [4.69, 9.17) is 0 Å². The Balaban J connectivity index is 2.24. The van der Waals surface area contributed by atoms with Crippen molar-refractivity contribution in [1.82, 2.24) is 5.32 Å². The Kier molecular flexibility index (Phi) is 7.11. The fourth-order valence-corrected chi connectivity index (χ4v) is 4.51. The monoisotopic (exact) mass is 416 g/mol. The molecule has 1 amide bonds. The van der Waals surface area contributed by atoms with E-state index in [9.17, 15) is 13.2 Å². The summed E-state index contributed by atoms with van der Waals surface area (Å²) in [6.07, 6.45) is 1.49. The van der Waals surface area contributed by atoms with Crippen molar-refractivity contribution in [2.45, 2.75) is 58.5 Å². The second kappa shape index (κ2) is 8.99. The van der Waals surface area contributed by atoms with Crippen LogP contribution in [0.4, 0.5) is 5.69 Å². The quantitative estimate of drug-likeness (QED) is 0.727. The maximum absolute atomic E-state index is 13.0. The van der Waals surface area contributed by atoms with Gasteiger partial charge < -0.3 is 5.32 Å². The molecule has 158 valence electrons. The molecular formula is C23H32N2O3S. The van der Waals surface area contributed by atoms with Crippen LogP contribution in [0.1, 0.15) is 58.2 Å². The van der Waals surface area contributed by atoms with Crippen LogP contribution in [-0.2, 0) is 20.2 Å². The van der Waals surface area contributed by atoms with E-state index >= 15 is 0 Å². The summed E-state index contributed by atoms with van der Waals surface area (Å²) in [4.78, 5) is 13.0. The molecule has 1 N–H and O–H groups in total. The lowest BCUT2D eigenvalue weighted by Gasteiger charge is -2.31. The number of carbonyl (C=O) groups is 1. The molecule has 0 fully saturated rings. The van der Waals surface area contributed by atoms with Crippen LogP contribution in [0.5, 0.6) is 0 Å². The molecule has 2 atom stereocenters. The molecule has 29 heavy (non-hydrogen) atoms. The molecule has 6 heteroatoms. The van der Waals surface area contributed by atoms with E-state index in [-0.39, 0.29) is 17.4 Å². The van der Waals surface area contributed by atoms with Crippen LogP contribution in [0, 0.1) is 0 Å². The molecule has 0 heterocycles. The molecule has 0 saturated carbocycles. The van der Waals surface area contributed by atoms with Gasteiger partial charge in [0.05, 0.1) is 18.0 Å². The minimum Gasteiger partial charge on any atom is -0.348 e. The molecule has 0 aromatic heterocycles. The van der Waals surface area contributed by atoms with Crippen LogP contribution in [0.3, 0.4) is 0 Å². The first-order valence-electron chi connectivity index (χ1n) is 9.90. The topological polar surface area (TPSA) is 66.5 Å². The zero-order valence-corrected chi connectivity index (χ0v) is 19.0. The summed E-state index contributed by atoms with van der Waals surface area (Å²) in [6.45, 7) is 10.2. The standard InChI is InChI=1S/C23H32N2O3S/c1-7-21(25(29(6,27)28)20-11-9-8-10-12-20)22(26)24-17(2)18-13-15-19(16-14-18)23(3,4)5/h8-17,21H,7H2,1-6H3,(H,24,26)/t17-,21-/m0/s1. The summed E-state index contributed by atoms with van der Waals surface area (Å²) < 4.78 is 26.1. The Morgan fingerprint density at radius 2 is 1.59 bits per heavy atom. The molecule has 0 radical (unpaired) electrons. The second-order valence-corrected chi connectivity index (χ2v) is 10.3. The van der Waals surface area contributed by atoms with E-state index in [0.29, 0.717) is 12.1 Å². The first-order valence-corrected chi connectivity index (χ1v) is 11.7. The smallest absolute Gasteiger partial charge is 0.244 e. The highest BCUT2D eigenvalue weighted by atomic mass is 32.2. The summed E-state index contributed by atoms with van der Waals surface area (Å²) in [6, 6.07) is 15.9. The lowest BCUT2D eigenvalue weighted by atomic mass is 9.86. The Hall–Kier alpha value is -2.34. The number of hydrogen-bond donors (Lipinski definition) is 1. The fraction of sp³-hybridized carbons (Fsp3) is 0.435. The van der Waals surface area contributed by atoms with Crippen LogP contribution in [0.15, 0.2) is 54.6 Å². The van der Waals surface area contributed by atoms with Gasteiger partial charge >= 0.3 is 0 Å². The van der Waals surface area contributed by atoms with E-state index in [0.717, 1.165) is 11.8 Å². The molecule has 2 aromatic carbocycles. The Morgan fingerprint density at radius 3 is 2.03 bits per heavy atom. The number of anilines is 1. The maximum Gasteiger partial charge on any atom is 0.244 e. The Bertz CT molecular complexity index is 917. The van der Waals surface area contributed by atoms with Gasteiger partial charge in [-0.1, -0.05) is 70.2 Å². The number of rotatable bonds is 7. The minimum absolute atomic E-state index is 0.0595. The van der Waals surface area contributed by atoms with Gasteiger partial charge in [-0.15, -0.1) is 0 Å². The van der Waals surface area contributed by atoms with Crippen LogP contribution < -0.4 is 9.62 Å². The average Bonchev–Trinajstić information content (AvgIpc) is 2.64. The van der Waals surface area contributed by atoms with Crippen LogP contribution in [0.2, 0.25) is 0 Å². The van der Waals surface area contributed by atoms with Crippen molar-refractivity contribution in [3.8, 4) is 0 Å². The van der Waals surface area contributed by atoms with Gasteiger partial charge in [-0.25, -0.2) is 8.42 Å². The van der Waals surface area contributed by atoms with Gasteiger partial charge in [0.15, 0.2) is 0 Å². The van der Waals surface area contributed by atoms with E-state index < -0.39 is 16.1 Å². The largest absolute Gasteiger partial charge is 0.348 e. The SMILES string of the molecule is CC[C@@H](C(=O)N[C@@H](C)c1ccc(C(C)(C)C)cc1)N(c1ccccc1)S(C)(=O)=O. The summed E-state index contributed by atoms with van der Waals surface area (Å²) >= 11 is 0. The molecule has 0 aliphatic heterocycles.